The maximum atomic E-state index is 5.88. The molecule has 1 heterocycles. The van der Waals surface area contributed by atoms with Gasteiger partial charge >= 0.3 is 0 Å². The molecule has 0 saturated carbocycles. The Hall–Kier alpha value is -1.10. The van der Waals surface area contributed by atoms with Gasteiger partial charge in [0.15, 0.2) is 0 Å². The highest BCUT2D eigenvalue weighted by Crippen LogP contribution is 2.20. The number of hydrogen-bond acceptors (Lipinski definition) is 4. The fourth-order valence-electron chi connectivity index (χ4n) is 1.70. The highest BCUT2D eigenvalue weighted by Gasteiger charge is 2.07. The Morgan fingerprint density at radius 3 is 3.00 bits per heavy atom. The Morgan fingerprint density at radius 1 is 1.50 bits per heavy atom. The number of hydrogen-bond donors (Lipinski definition) is 2. The number of benzene rings is 1. The molecule has 3 nitrogen and oxygen atoms in total. The lowest BCUT2D eigenvalue weighted by atomic mass is 10.1. The Morgan fingerprint density at radius 2 is 2.33 bits per heavy atom. The Kier molecular flexibility index (Phi) is 4.58. The molecule has 0 bridgehead atoms. The molecule has 96 valence electrons. The summed E-state index contributed by atoms with van der Waals surface area (Å²) in [7, 11) is 0. The molecule has 1 atom stereocenters. The second kappa shape index (κ2) is 6.18. The van der Waals surface area contributed by atoms with Gasteiger partial charge in [0.25, 0.3) is 0 Å². The van der Waals surface area contributed by atoms with E-state index in [2.05, 4.69) is 17.2 Å². The van der Waals surface area contributed by atoms with Crippen molar-refractivity contribution in [3.63, 3.8) is 0 Å². The van der Waals surface area contributed by atoms with E-state index in [-0.39, 0.29) is 0 Å². The number of anilines is 1. The van der Waals surface area contributed by atoms with Crippen LogP contribution in [0.1, 0.15) is 23.4 Å². The average Bonchev–Trinajstić information content (AvgIpc) is 2.87. The molecular formula is C13H16ClN3S. The van der Waals surface area contributed by atoms with Crippen LogP contribution in [0.25, 0.3) is 0 Å². The quantitative estimate of drug-likeness (QED) is 0.827. The minimum atomic E-state index is 0.426. The zero-order valence-electron chi connectivity index (χ0n) is 10.2. The van der Waals surface area contributed by atoms with Crippen LogP contribution in [0.2, 0.25) is 5.02 Å². The first-order valence-corrected chi connectivity index (χ1v) is 7.06. The molecule has 0 radical (unpaired) electrons. The molecule has 18 heavy (non-hydrogen) atoms. The van der Waals surface area contributed by atoms with Crippen molar-refractivity contribution in [1.29, 1.82) is 0 Å². The molecule has 0 aliphatic carbocycles. The second-order valence-electron chi connectivity index (χ2n) is 4.26. The van der Waals surface area contributed by atoms with Gasteiger partial charge in [-0.05, 0) is 17.7 Å². The van der Waals surface area contributed by atoms with Crippen molar-refractivity contribution in [2.24, 2.45) is 0 Å². The topological polar surface area (TPSA) is 50.9 Å². The monoisotopic (exact) mass is 281 g/mol. The first kappa shape index (κ1) is 13.3. The molecule has 2 rings (SSSR count). The van der Waals surface area contributed by atoms with Crippen LogP contribution >= 0.6 is 22.9 Å². The summed E-state index contributed by atoms with van der Waals surface area (Å²) in [6, 6.07) is 5.72. The van der Waals surface area contributed by atoms with E-state index in [9.17, 15) is 0 Å². The van der Waals surface area contributed by atoms with E-state index < -0.39 is 0 Å². The number of nitrogens with one attached hydrogen (secondary N) is 1. The van der Waals surface area contributed by atoms with Crippen LogP contribution in [0.4, 0.5) is 5.69 Å². The predicted octanol–water partition coefficient (Wildman–Crippen LogP) is 3.27. The van der Waals surface area contributed by atoms with E-state index in [1.165, 1.54) is 0 Å². The number of halogens is 1. The third-order valence-electron chi connectivity index (χ3n) is 2.71. The lowest BCUT2D eigenvalue weighted by Gasteiger charge is -2.10. The van der Waals surface area contributed by atoms with Crippen molar-refractivity contribution in [2.75, 3.05) is 12.3 Å². The van der Waals surface area contributed by atoms with Crippen LogP contribution in [0, 0.1) is 0 Å². The summed E-state index contributed by atoms with van der Waals surface area (Å²) in [6.45, 7) is 3.86. The number of nitrogens with zero attached hydrogens (tertiary/aromatic N) is 1. The third kappa shape index (κ3) is 3.45. The minimum absolute atomic E-state index is 0.426. The SMILES string of the molecule is CC(CNCc1ccc(Cl)c(N)c1)c1nccs1. The van der Waals surface area contributed by atoms with Crippen LogP contribution in [-0.4, -0.2) is 11.5 Å². The zero-order chi connectivity index (χ0) is 13.0. The van der Waals surface area contributed by atoms with Gasteiger partial charge in [-0.3, -0.25) is 0 Å². The van der Waals surface area contributed by atoms with Gasteiger partial charge in [-0.2, -0.15) is 0 Å². The average molecular weight is 282 g/mol. The predicted molar refractivity (Wildman–Crippen MR) is 78.1 cm³/mol. The molecule has 5 heteroatoms. The fourth-order valence-corrected chi connectivity index (χ4v) is 2.52. The Balaban J connectivity index is 1.83. The van der Waals surface area contributed by atoms with Crippen LogP contribution in [0.15, 0.2) is 29.8 Å². The minimum Gasteiger partial charge on any atom is -0.398 e. The van der Waals surface area contributed by atoms with E-state index in [0.29, 0.717) is 16.6 Å². The molecule has 1 aromatic heterocycles. The normalized spacial score (nSPS) is 12.6. The first-order chi connectivity index (χ1) is 8.66. The number of aromatic nitrogens is 1. The zero-order valence-corrected chi connectivity index (χ0v) is 11.8. The molecule has 0 aliphatic heterocycles. The molecule has 0 saturated heterocycles. The van der Waals surface area contributed by atoms with Crippen molar-refractivity contribution in [2.45, 2.75) is 19.4 Å². The molecular weight excluding hydrogens is 266 g/mol. The maximum absolute atomic E-state index is 5.88. The van der Waals surface area contributed by atoms with Gasteiger partial charge in [-0.25, -0.2) is 4.98 Å². The van der Waals surface area contributed by atoms with Crippen molar-refractivity contribution in [3.05, 3.63) is 45.4 Å². The number of nitrogens with two attached hydrogens (primary N) is 1. The molecule has 1 aromatic carbocycles. The summed E-state index contributed by atoms with van der Waals surface area (Å²) in [4.78, 5) is 4.31. The first-order valence-electron chi connectivity index (χ1n) is 5.81. The smallest absolute Gasteiger partial charge is 0.0965 e. The maximum Gasteiger partial charge on any atom is 0.0965 e. The van der Waals surface area contributed by atoms with Crippen LogP contribution in [0.5, 0.6) is 0 Å². The van der Waals surface area contributed by atoms with Gasteiger partial charge in [0.05, 0.1) is 15.7 Å². The molecule has 0 aliphatic rings. The molecule has 1 unspecified atom stereocenters. The fraction of sp³-hybridized carbons (Fsp3) is 0.308. The Labute approximate surface area is 116 Å². The molecule has 3 N–H and O–H groups in total. The van der Waals surface area contributed by atoms with Crippen molar-refractivity contribution in [3.8, 4) is 0 Å². The summed E-state index contributed by atoms with van der Waals surface area (Å²) >= 11 is 7.57. The van der Waals surface area contributed by atoms with Gasteiger partial charge in [-0.1, -0.05) is 24.6 Å². The number of rotatable bonds is 5. The lowest BCUT2D eigenvalue weighted by Crippen LogP contribution is -2.19. The summed E-state index contributed by atoms with van der Waals surface area (Å²) in [5, 5.41) is 7.18. The largest absolute Gasteiger partial charge is 0.398 e. The van der Waals surface area contributed by atoms with Gasteiger partial charge in [-0.15, -0.1) is 11.3 Å². The highest BCUT2D eigenvalue weighted by molar-refractivity contribution is 7.09. The van der Waals surface area contributed by atoms with Crippen molar-refractivity contribution >= 4 is 28.6 Å². The molecule has 0 spiro atoms. The third-order valence-corrected chi connectivity index (χ3v) is 4.06. The van der Waals surface area contributed by atoms with E-state index in [1.807, 2.05) is 29.8 Å². The summed E-state index contributed by atoms with van der Waals surface area (Å²) < 4.78 is 0. The number of thiazole rings is 1. The van der Waals surface area contributed by atoms with E-state index in [0.717, 1.165) is 23.7 Å². The van der Waals surface area contributed by atoms with Gasteiger partial charge < -0.3 is 11.1 Å². The molecule has 2 aromatic rings. The van der Waals surface area contributed by atoms with Crippen molar-refractivity contribution in [1.82, 2.24) is 10.3 Å². The Bertz CT molecular complexity index is 499. The second-order valence-corrected chi connectivity index (χ2v) is 5.59. The van der Waals surface area contributed by atoms with E-state index in [1.54, 1.807) is 11.3 Å². The summed E-state index contributed by atoms with van der Waals surface area (Å²) in [6.07, 6.45) is 1.84. The van der Waals surface area contributed by atoms with Gasteiger partial charge in [0.1, 0.15) is 0 Å². The van der Waals surface area contributed by atoms with E-state index >= 15 is 0 Å². The molecule has 0 amide bonds. The molecule has 0 fully saturated rings. The van der Waals surface area contributed by atoms with Gasteiger partial charge in [0.2, 0.25) is 0 Å². The lowest BCUT2D eigenvalue weighted by molar-refractivity contribution is 0.613. The standard InChI is InChI=1S/C13H16ClN3S/c1-9(13-17-4-5-18-13)7-16-8-10-2-3-11(14)12(15)6-10/h2-6,9,16H,7-8,15H2,1H3. The van der Waals surface area contributed by atoms with Crippen LogP contribution < -0.4 is 11.1 Å². The van der Waals surface area contributed by atoms with Gasteiger partial charge in [0, 0.05) is 30.6 Å². The summed E-state index contributed by atoms with van der Waals surface area (Å²) in [5.41, 5.74) is 7.53. The summed E-state index contributed by atoms with van der Waals surface area (Å²) in [5.74, 6) is 0.426. The highest BCUT2D eigenvalue weighted by atomic mass is 35.5. The van der Waals surface area contributed by atoms with E-state index in [4.69, 9.17) is 17.3 Å². The van der Waals surface area contributed by atoms with Crippen LogP contribution in [-0.2, 0) is 6.54 Å². The van der Waals surface area contributed by atoms with Crippen molar-refractivity contribution < 1.29 is 0 Å². The van der Waals surface area contributed by atoms with Crippen LogP contribution in [0.3, 0.4) is 0 Å². The number of nitrogen functional groups attached to an aromatic ring is 1.